The smallest absolute Gasteiger partial charge is 0.320 e. The van der Waals surface area contributed by atoms with Crippen molar-refractivity contribution in [3.05, 3.63) is 0 Å². The Balaban J connectivity index is 1.93. The van der Waals surface area contributed by atoms with Crippen LogP contribution in [-0.2, 0) is 4.74 Å². The first kappa shape index (κ1) is 12.6. The molecule has 2 fully saturated rings. The van der Waals surface area contributed by atoms with Crippen LogP contribution in [0, 0.1) is 0 Å². The largest absolute Gasteiger partial charge is 0.378 e. The van der Waals surface area contributed by atoms with Crippen molar-refractivity contribution in [2.75, 3.05) is 45.9 Å². The van der Waals surface area contributed by atoms with Gasteiger partial charge in [-0.2, -0.15) is 0 Å². The Morgan fingerprint density at radius 1 is 1.35 bits per heavy atom. The predicted molar refractivity (Wildman–Crippen MR) is 66.1 cm³/mol. The molecule has 0 aliphatic carbocycles. The molecule has 2 amide bonds. The minimum Gasteiger partial charge on any atom is -0.378 e. The van der Waals surface area contributed by atoms with E-state index in [1.807, 2.05) is 9.80 Å². The van der Waals surface area contributed by atoms with E-state index in [9.17, 15) is 4.79 Å². The van der Waals surface area contributed by atoms with Gasteiger partial charge in [-0.1, -0.05) is 0 Å². The summed E-state index contributed by atoms with van der Waals surface area (Å²) in [7, 11) is 0. The number of carbonyl (C=O) groups excluding carboxylic acids is 1. The van der Waals surface area contributed by atoms with E-state index in [1.54, 1.807) is 0 Å². The number of morpholine rings is 1. The van der Waals surface area contributed by atoms with Crippen molar-refractivity contribution < 1.29 is 9.53 Å². The Morgan fingerprint density at radius 2 is 2.00 bits per heavy atom. The van der Waals surface area contributed by atoms with Gasteiger partial charge in [0.1, 0.15) is 0 Å². The van der Waals surface area contributed by atoms with Gasteiger partial charge in [-0.3, -0.25) is 0 Å². The summed E-state index contributed by atoms with van der Waals surface area (Å²) in [5, 5.41) is 3.34. The Bertz CT molecular complexity index is 248. The van der Waals surface area contributed by atoms with Crippen LogP contribution in [0.15, 0.2) is 0 Å². The summed E-state index contributed by atoms with van der Waals surface area (Å²) in [4.78, 5) is 16.4. The lowest BCUT2D eigenvalue weighted by molar-refractivity contribution is 0.0380. The maximum absolute atomic E-state index is 12.4. The molecule has 0 aromatic heterocycles. The first-order chi connectivity index (χ1) is 8.33. The molecule has 0 aromatic carbocycles. The Hall–Kier alpha value is -0.810. The van der Waals surface area contributed by atoms with Crippen molar-refractivity contribution in [3.8, 4) is 0 Å². The second-order valence-electron chi connectivity index (χ2n) is 4.65. The summed E-state index contributed by atoms with van der Waals surface area (Å²) >= 11 is 0. The third kappa shape index (κ3) is 3.10. The van der Waals surface area contributed by atoms with Crippen LogP contribution < -0.4 is 5.32 Å². The monoisotopic (exact) mass is 241 g/mol. The molecule has 5 nitrogen and oxygen atoms in total. The zero-order valence-corrected chi connectivity index (χ0v) is 10.7. The van der Waals surface area contributed by atoms with Crippen molar-refractivity contribution in [2.24, 2.45) is 0 Å². The molecule has 0 radical (unpaired) electrons. The zero-order chi connectivity index (χ0) is 12.1. The molecule has 0 saturated carbocycles. The highest BCUT2D eigenvalue weighted by Crippen LogP contribution is 2.14. The maximum Gasteiger partial charge on any atom is 0.320 e. The second-order valence-corrected chi connectivity index (χ2v) is 4.65. The highest BCUT2D eigenvalue weighted by atomic mass is 16.5. The average molecular weight is 241 g/mol. The molecule has 5 heteroatoms. The summed E-state index contributed by atoms with van der Waals surface area (Å²) in [5.41, 5.74) is 0. The van der Waals surface area contributed by atoms with E-state index in [1.165, 1.54) is 0 Å². The first-order valence-electron chi connectivity index (χ1n) is 6.67. The molecule has 0 aromatic rings. The van der Waals surface area contributed by atoms with Gasteiger partial charge in [0.25, 0.3) is 0 Å². The van der Waals surface area contributed by atoms with Gasteiger partial charge in [0, 0.05) is 25.7 Å². The van der Waals surface area contributed by atoms with Gasteiger partial charge in [-0.25, -0.2) is 4.79 Å². The summed E-state index contributed by atoms with van der Waals surface area (Å²) < 4.78 is 5.29. The van der Waals surface area contributed by atoms with Gasteiger partial charge in [0.05, 0.1) is 13.2 Å². The van der Waals surface area contributed by atoms with E-state index in [2.05, 4.69) is 12.2 Å². The third-order valence-electron chi connectivity index (χ3n) is 3.62. The molecule has 0 atom stereocenters. The van der Waals surface area contributed by atoms with Crippen LogP contribution in [0.4, 0.5) is 4.79 Å². The average Bonchev–Trinajstić information content (AvgIpc) is 2.42. The SMILES string of the molecule is CCN(C(=O)N1CCOCC1)C1CCNCC1. The summed E-state index contributed by atoms with van der Waals surface area (Å²) in [6.45, 7) is 7.75. The molecule has 2 aliphatic rings. The molecule has 0 spiro atoms. The van der Waals surface area contributed by atoms with E-state index in [0.717, 1.165) is 45.6 Å². The summed E-state index contributed by atoms with van der Waals surface area (Å²) in [6, 6.07) is 0.610. The van der Waals surface area contributed by atoms with Gasteiger partial charge >= 0.3 is 6.03 Å². The number of nitrogens with zero attached hydrogens (tertiary/aromatic N) is 2. The topological polar surface area (TPSA) is 44.8 Å². The number of carbonyl (C=O) groups is 1. The van der Waals surface area contributed by atoms with E-state index in [0.29, 0.717) is 19.3 Å². The Morgan fingerprint density at radius 3 is 2.59 bits per heavy atom. The highest BCUT2D eigenvalue weighted by molar-refractivity contribution is 5.75. The quantitative estimate of drug-likeness (QED) is 0.766. The van der Waals surface area contributed by atoms with Crippen LogP contribution >= 0.6 is 0 Å². The van der Waals surface area contributed by atoms with Crippen molar-refractivity contribution in [3.63, 3.8) is 0 Å². The van der Waals surface area contributed by atoms with Crippen LogP contribution in [0.2, 0.25) is 0 Å². The fraction of sp³-hybridized carbons (Fsp3) is 0.917. The van der Waals surface area contributed by atoms with Crippen molar-refractivity contribution in [2.45, 2.75) is 25.8 Å². The lowest BCUT2D eigenvalue weighted by atomic mass is 10.1. The van der Waals surface area contributed by atoms with Crippen molar-refractivity contribution >= 4 is 6.03 Å². The molecule has 2 heterocycles. The minimum absolute atomic E-state index is 0.197. The van der Waals surface area contributed by atoms with Gasteiger partial charge in [0.15, 0.2) is 0 Å². The number of piperidine rings is 1. The van der Waals surface area contributed by atoms with Crippen molar-refractivity contribution in [1.29, 1.82) is 0 Å². The van der Waals surface area contributed by atoms with E-state index in [-0.39, 0.29) is 6.03 Å². The number of nitrogens with one attached hydrogen (secondary N) is 1. The number of hydrogen-bond acceptors (Lipinski definition) is 3. The molecule has 2 rings (SSSR count). The minimum atomic E-state index is 0.197. The summed E-state index contributed by atoms with van der Waals surface area (Å²) in [6.07, 6.45) is 2.15. The zero-order valence-electron chi connectivity index (χ0n) is 10.7. The van der Waals surface area contributed by atoms with Gasteiger partial charge in [-0.15, -0.1) is 0 Å². The fourth-order valence-electron chi connectivity index (χ4n) is 2.60. The lowest BCUT2D eigenvalue weighted by Gasteiger charge is -2.38. The predicted octanol–water partition coefficient (Wildman–Crippen LogP) is 0.513. The molecule has 0 bridgehead atoms. The molecule has 17 heavy (non-hydrogen) atoms. The third-order valence-corrected chi connectivity index (χ3v) is 3.62. The maximum atomic E-state index is 12.4. The number of rotatable bonds is 2. The standard InChI is InChI=1S/C12H23N3O2/c1-2-15(11-3-5-13-6-4-11)12(16)14-7-9-17-10-8-14/h11,13H,2-10H2,1H3. The lowest BCUT2D eigenvalue weighted by Crippen LogP contribution is -2.53. The van der Waals surface area contributed by atoms with E-state index < -0.39 is 0 Å². The molecule has 2 saturated heterocycles. The highest BCUT2D eigenvalue weighted by Gasteiger charge is 2.28. The van der Waals surface area contributed by atoms with Gasteiger partial charge < -0.3 is 19.9 Å². The molecule has 98 valence electrons. The Labute approximate surface area is 103 Å². The van der Waals surface area contributed by atoms with Gasteiger partial charge in [-0.05, 0) is 32.9 Å². The molecule has 1 N–H and O–H groups in total. The normalized spacial score (nSPS) is 22.5. The van der Waals surface area contributed by atoms with Crippen LogP contribution in [-0.4, -0.2) is 67.8 Å². The van der Waals surface area contributed by atoms with Gasteiger partial charge in [0.2, 0.25) is 0 Å². The molecule has 2 aliphatic heterocycles. The van der Waals surface area contributed by atoms with Crippen molar-refractivity contribution in [1.82, 2.24) is 15.1 Å². The van der Waals surface area contributed by atoms with E-state index >= 15 is 0 Å². The number of amides is 2. The molecule has 0 unspecified atom stereocenters. The van der Waals surface area contributed by atoms with E-state index in [4.69, 9.17) is 4.74 Å². The first-order valence-corrected chi connectivity index (χ1v) is 6.67. The van der Waals surface area contributed by atoms with Crippen LogP contribution in [0.3, 0.4) is 0 Å². The van der Waals surface area contributed by atoms with Crippen LogP contribution in [0.25, 0.3) is 0 Å². The Kier molecular flexibility index (Phi) is 4.62. The second kappa shape index (κ2) is 6.21. The molecular formula is C12H23N3O2. The number of ether oxygens (including phenoxy) is 1. The molecular weight excluding hydrogens is 218 g/mol. The van der Waals surface area contributed by atoms with Crippen LogP contribution in [0.1, 0.15) is 19.8 Å². The summed E-state index contributed by atoms with van der Waals surface area (Å²) in [5.74, 6) is 0. The number of urea groups is 1. The fourth-order valence-corrected chi connectivity index (χ4v) is 2.60. The van der Waals surface area contributed by atoms with Crippen LogP contribution in [0.5, 0.6) is 0 Å². The number of hydrogen-bond donors (Lipinski definition) is 1.